The predicted octanol–water partition coefficient (Wildman–Crippen LogP) is 6.32. The summed E-state index contributed by atoms with van der Waals surface area (Å²) in [6, 6.07) is 0. The largest absolute Gasteiger partial charge is 0.289 e. The van der Waals surface area contributed by atoms with Crippen LogP contribution in [-0.4, -0.2) is 47.1 Å². The van der Waals surface area contributed by atoms with Crippen LogP contribution in [0.3, 0.4) is 0 Å². The van der Waals surface area contributed by atoms with Crippen LogP contribution in [0.5, 0.6) is 0 Å². The topological polar surface area (TPSA) is 23.6 Å². The van der Waals surface area contributed by atoms with Crippen LogP contribution < -0.4 is 0 Å². The van der Waals surface area contributed by atoms with Crippen molar-refractivity contribution in [3.05, 3.63) is 0 Å². The van der Waals surface area contributed by atoms with Gasteiger partial charge in [-0.2, -0.15) is 0 Å². The number of nitrogens with zero attached hydrogens (tertiary/aromatic N) is 2. The Morgan fingerprint density at radius 2 is 1.31 bits per heavy atom. The molecule has 1 unspecified atom stereocenters. The summed E-state index contributed by atoms with van der Waals surface area (Å²) in [5, 5.41) is 0.0347. The number of halogens is 1. The molecule has 2 rings (SSSR count). The average Bonchev–Trinajstić information content (AvgIpc) is 2.53. The van der Waals surface area contributed by atoms with Gasteiger partial charge in [0.1, 0.15) is 0 Å². The first-order valence-electron chi connectivity index (χ1n) is 11.0. The van der Waals surface area contributed by atoms with Gasteiger partial charge < -0.3 is 0 Å². The zero-order valence-electron chi connectivity index (χ0n) is 17.8. The molecule has 0 bridgehead atoms. The van der Waals surface area contributed by atoms with Gasteiger partial charge in [-0.3, -0.25) is 4.57 Å². The van der Waals surface area contributed by atoms with Crippen LogP contribution in [0.15, 0.2) is 0 Å². The number of hydrogen-bond donors (Lipinski definition) is 0. The maximum atomic E-state index is 14.5. The maximum Gasteiger partial charge on any atom is 0.218 e. The lowest BCUT2D eigenvalue weighted by Crippen LogP contribution is -2.46. The summed E-state index contributed by atoms with van der Waals surface area (Å²) in [5.74, 6) is 2.50. The SMILES string of the molecule is CCCCC[C@@H](Cl)CP(=O)(N1C[C@H](C)C[C@H](C)C1)N1C[C@@H](C)C[C@H](C)C1. The fourth-order valence-electron chi connectivity index (χ4n) is 5.15. The molecule has 0 aromatic carbocycles. The molecule has 3 nitrogen and oxygen atoms in total. The van der Waals surface area contributed by atoms with Gasteiger partial charge in [-0.25, -0.2) is 9.34 Å². The van der Waals surface area contributed by atoms with Gasteiger partial charge in [0, 0.05) is 37.7 Å². The van der Waals surface area contributed by atoms with Crippen molar-refractivity contribution in [1.82, 2.24) is 9.34 Å². The third kappa shape index (κ3) is 6.23. The van der Waals surface area contributed by atoms with Crippen molar-refractivity contribution >= 4 is 19.0 Å². The number of piperidine rings is 2. The lowest BCUT2D eigenvalue weighted by molar-refractivity contribution is 0.174. The van der Waals surface area contributed by atoms with Crippen LogP contribution >= 0.6 is 19.0 Å². The van der Waals surface area contributed by atoms with E-state index in [2.05, 4.69) is 44.0 Å². The summed E-state index contributed by atoms with van der Waals surface area (Å²) < 4.78 is 19.2. The van der Waals surface area contributed by atoms with Crippen molar-refractivity contribution in [2.24, 2.45) is 23.7 Å². The highest BCUT2D eigenvalue weighted by Gasteiger charge is 2.43. The van der Waals surface area contributed by atoms with E-state index in [9.17, 15) is 4.57 Å². The first-order chi connectivity index (χ1) is 12.2. The molecule has 0 N–H and O–H groups in total. The van der Waals surface area contributed by atoms with Gasteiger partial charge in [-0.05, 0) is 42.9 Å². The van der Waals surface area contributed by atoms with Crippen LogP contribution in [0.1, 0.15) is 73.1 Å². The zero-order valence-corrected chi connectivity index (χ0v) is 19.4. The van der Waals surface area contributed by atoms with Crippen molar-refractivity contribution in [3.8, 4) is 0 Å². The van der Waals surface area contributed by atoms with E-state index in [4.69, 9.17) is 11.6 Å². The van der Waals surface area contributed by atoms with E-state index in [0.717, 1.165) is 39.0 Å². The molecular weight excluding hydrogens is 363 g/mol. The maximum absolute atomic E-state index is 14.5. The molecule has 26 heavy (non-hydrogen) atoms. The van der Waals surface area contributed by atoms with Crippen LogP contribution in [0.2, 0.25) is 0 Å². The Morgan fingerprint density at radius 3 is 1.69 bits per heavy atom. The van der Waals surface area contributed by atoms with Gasteiger partial charge in [0.05, 0.1) is 0 Å². The second kappa shape index (κ2) is 10.3. The molecule has 0 amide bonds. The number of alkyl halides is 1. The van der Waals surface area contributed by atoms with E-state index in [1.54, 1.807) is 0 Å². The summed E-state index contributed by atoms with van der Waals surface area (Å²) in [6.07, 6.45) is 7.76. The normalized spacial score (nSPS) is 35.2. The number of unbranched alkanes of at least 4 members (excludes halogenated alkanes) is 2. The Hall–Kier alpha value is 0.440. The predicted molar refractivity (Wildman–Crippen MR) is 115 cm³/mol. The summed E-state index contributed by atoms with van der Waals surface area (Å²) in [4.78, 5) is 0. The van der Waals surface area contributed by atoms with Gasteiger partial charge in [-0.15, -0.1) is 11.6 Å². The third-order valence-corrected chi connectivity index (χ3v) is 10.1. The average molecular weight is 405 g/mol. The summed E-state index contributed by atoms with van der Waals surface area (Å²) in [5.41, 5.74) is 0. The van der Waals surface area contributed by atoms with Gasteiger partial charge in [-0.1, -0.05) is 53.9 Å². The van der Waals surface area contributed by atoms with Crippen LogP contribution in [0.4, 0.5) is 0 Å². The van der Waals surface area contributed by atoms with Gasteiger partial charge in [0.2, 0.25) is 7.44 Å². The fraction of sp³-hybridized carbons (Fsp3) is 1.00. The minimum Gasteiger partial charge on any atom is -0.289 e. The van der Waals surface area contributed by atoms with E-state index in [1.807, 2.05) is 0 Å². The Kier molecular flexibility index (Phi) is 8.99. The highest BCUT2D eigenvalue weighted by atomic mass is 35.5. The summed E-state index contributed by atoms with van der Waals surface area (Å²) in [6.45, 7) is 15.4. The van der Waals surface area contributed by atoms with Gasteiger partial charge in [0.25, 0.3) is 0 Å². The highest BCUT2D eigenvalue weighted by Crippen LogP contribution is 2.58. The summed E-state index contributed by atoms with van der Waals surface area (Å²) >= 11 is 6.76. The molecule has 0 aliphatic carbocycles. The first kappa shape index (κ1) is 22.7. The molecule has 154 valence electrons. The minimum atomic E-state index is -2.59. The lowest BCUT2D eigenvalue weighted by Gasteiger charge is -2.48. The molecule has 0 aromatic rings. The number of rotatable bonds is 8. The fourth-order valence-corrected chi connectivity index (χ4v) is 9.49. The van der Waals surface area contributed by atoms with E-state index in [1.165, 1.54) is 25.7 Å². The molecular formula is C21H42ClN2OP. The molecule has 2 saturated heterocycles. The Labute approximate surface area is 167 Å². The summed E-state index contributed by atoms with van der Waals surface area (Å²) in [7, 11) is -2.59. The Bertz CT molecular complexity index is 425. The van der Waals surface area contributed by atoms with Gasteiger partial charge in [0.15, 0.2) is 0 Å². The van der Waals surface area contributed by atoms with Crippen molar-refractivity contribution in [2.75, 3.05) is 32.3 Å². The van der Waals surface area contributed by atoms with Crippen LogP contribution in [-0.2, 0) is 4.57 Å². The van der Waals surface area contributed by atoms with E-state index < -0.39 is 7.44 Å². The van der Waals surface area contributed by atoms with E-state index in [0.29, 0.717) is 29.8 Å². The first-order valence-corrected chi connectivity index (χ1v) is 13.2. The molecule has 0 radical (unpaired) electrons. The molecule has 0 saturated carbocycles. The van der Waals surface area contributed by atoms with Gasteiger partial charge >= 0.3 is 0 Å². The Morgan fingerprint density at radius 1 is 0.885 bits per heavy atom. The smallest absolute Gasteiger partial charge is 0.218 e. The quantitative estimate of drug-likeness (QED) is 0.268. The van der Waals surface area contributed by atoms with Crippen molar-refractivity contribution in [2.45, 2.75) is 78.5 Å². The molecule has 2 fully saturated rings. The van der Waals surface area contributed by atoms with Crippen molar-refractivity contribution in [3.63, 3.8) is 0 Å². The molecule has 5 heteroatoms. The number of hydrogen-bond acceptors (Lipinski definition) is 1. The zero-order chi connectivity index (χ0) is 19.3. The van der Waals surface area contributed by atoms with E-state index >= 15 is 0 Å². The molecule has 2 heterocycles. The lowest BCUT2D eigenvalue weighted by atomic mass is 9.93. The second-order valence-corrected chi connectivity index (χ2v) is 13.0. The third-order valence-electron chi connectivity index (χ3n) is 6.14. The molecule has 2 aliphatic rings. The molecule has 6 atom stereocenters. The van der Waals surface area contributed by atoms with E-state index in [-0.39, 0.29) is 5.38 Å². The Balaban J connectivity index is 2.18. The molecule has 0 aromatic heterocycles. The van der Waals surface area contributed by atoms with Crippen molar-refractivity contribution < 1.29 is 4.57 Å². The second-order valence-electron chi connectivity index (χ2n) is 9.58. The van der Waals surface area contributed by atoms with Crippen molar-refractivity contribution in [1.29, 1.82) is 0 Å². The standard InChI is InChI=1S/C21H42ClN2OP/c1-6-7-8-9-21(22)16-26(25,23-12-17(2)10-18(3)13-23)24-14-19(4)11-20(5)15-24/h17-21H,6-16H2,1-5H3/t17-,18-,19-,20+,21+,26?/m0/s1. The molecule has 2 aliphatic heterocycles. The van der Waals surface area contributed by atoms with Crippen LogP contribution in [0, 0.1) is 23.7 Å². The monoisotopic (exact) mass is 404 g/mol. The highest BCUT2D eigenvalue weighted by molar-refractivity contribution is 7.59. The minimum absolute atomic E-state index is 0.0347. The van der Waals surface area contributed by atoms with Crippen LogP contribution in [0.25, 0.3) is 0 Å². The molecule has 0 spiro atoms.